The number of aryl methyl sites for hydroxylation is 1. The molecule has 2 aromatic carbocycles. The molecule has 44 heavy (non-hydrogen) atoms. The fourth-order valence-electron chi connectivity index (χ4n) is 7.51. The first-order valence-electron chi connectivity index (χ1n) is 15.6. The molecule has 1 spiro atoms. The molecule has 228 valence electrons. The Bertz CT molecular complexity index is 1640. The third kappa shape index (κ3) is 4.82. The summed E-state index contributed by atoms with van der Waals surface area (Å²) in [4.78, 5) is 42.7. The Labute approximate surface area is 257 Å². The summed E-state index contributed by atoms with van der Waals surface area (Å²) in [6.45, 7) is 7.23. The topological polar surface area (TPSA) is 117 Å². The van der Waals surface area contributed by atoms with Crippen LogP contribution in [-0.2, 0) is 40.8 Å². The van der Waals surface area contributed by atoms with Crippen LogP contribution < -0.4 is 20.7 Å². The highest BCUT2D eigenvalue weighted by atomic mass is 16.5. The number of rotatable bonds is 5. The van der Waals surface area contributed by atoms with Gasteiger partial charge in [-0.15, -0.1) is 0 Å². The van der Waals surface area contributed by atoms with E-state index in [2.05, 4.69) is 46.9 Å². The van der Waals surface area contributed by atoms with Gasteiger partial charge in [0.25, 0.3) is 0 Å². The van der Waals surface area contributed by atoms with E-state index in [9.17, 15) is 9.59 Å². The Morgan fingerprint density at radius 3 is 2.82 bits per heavy atom. The average Bonchev–Trinajstić information content (AvgIpc) is 3.04. The molecular formula is C34H39N7O3. The van der Waals surface area contributed by atoms with Crippen molar-refractivity contribution in [3.05, 3.63) is 83.1 Å². The van der Waals surface area contributed by atoms with Gasteiger partial charge in [0.15, 0.2) is 5.82 Å². The van der Waals surface area contributed by atoms with E-state index < -0.39 is 5.41 Å². The van der Waals surface area contributed by atoms with Crippen LogP contribution in [0.3, 0.4) is 0 Å². The highest BCUT2D eigenvalue weighted by molar-refractivity contribution is 6.04. The lowest BCUT2D eigenvalue weighted by molar-refractivity contribution is -0.128. The van der Waals surface area contributed by atoms with Gasteiger partial charge in [0.2, 0.25) is 11.8 Å². The molecule has 4 aliphatic rings. The first-order chi connectivity index (χ1) is 21.4. The molecule has 10 nitrogen and oxygen atoms in total. The van der Waals surface area contributed by atoms with Gasteiger partial charge in [0.05, 0.1) is 17.2 Å². The number of hydrogen-bond acceptors (Lipinski definition) is 8. The average molecular weight is 594 g/mol. The number of piperazine rings is 1. The molecule has 7 rings (SSSR count). The highest BCUT2D eigenvalue weighted by Crippen LogP contribution is 2.47. The summed E-state index contributed by atoms with van der Waals surface area (Å²) in [5.74, 6) is 1.21. The van der Waals surface area contributed by atoms with Gasteiger partial charge in [0.1, 0.15) is 11.4 Å². The number of nitrogens with one attached hydrogen (secondary N) is 1. The largest absolute Gasteiger partial charge is 0.424 e. The van der Waals surface area contributed by atoms with Crippen molar-refractivity contribution in [2.24, 2.45) is 5.73 Å². The van der Waals surface area contributed by atoms with E-state index >= 15 is 0 Å². The Balaban J connectivity index is 1.31. The molecule has 1 aromatic heterocycles. The lowest BCUT2D eigenvalue weighted by atomic mass is 9.65. The normalized spacial score (nSPS) is 23.0. The number of likely N-dealkylation sites (N-methyl/N-ethyl adjacent to an activating group) is 1. The van der Waals surface area contributed by atoms with Gasteiger partial charge in [0, 0.05) is 51.3 Å². The van der Waals surface area contributed by atoms with Crippen LogP contribution in [0.1, 0.15) is 40.8 Å². The Morgan fingerprint density at radius 1 is 1.14 bits per heavy atom. The van der Waals surface area contributed by atoms with Crippen molar-refractivity contribution in [3.63, 3.8) is 0 Å². The van der Waals surface area contributed by atoms with Crippen LogP contribution in [0.2, 0.25) is 0 Å². The zero-order valence-electron chi connectivity index (χ0n) is 25.2. The van der Waals surface area contributed by atoms with Gasteiger partial charge in [-0.05, 0) is 61.6 Å². The quantitative estimate of drug-likeness (QED) is 0.434. The predicted molar refractivity (Wildman–Crippen MR) is 169 cm³/mol. The van der Waals surface area contributed by atoms with Gasteiger partial charge < -0.3 is 30.5 Å². The van der Waals surface area contributed by atoms with Crippen LogP contribution in [0, 0.1) is 0 Å². The second-order valence-corrected chi connectivity index (χ2v) is 12.4. The van der Waals surface area contributed by atoms with Crippen LogP contribution in [0.5, 0.6) is 11.8 Å². The van der Waals surface area contributed by atoms with Crippen LogP contribution in [0.25, 0.3) is 0 Å². The molecule has 3 N–H and O–H groups in total. The number of aromatic nitrogens is 2. The van der Waals surface area contributed by atoms with E-state index in [1.54, 1.807) is 4.90 Å². The van der Waals surface area contributed by atoms with Crippen molar-refractivity contribution < 1.29 is 14.3 Å². The number of benzene rings is 2. The third-order valence-electron chi connectivity index (χ3n) is 9.80. The fraction of sp³-hybridized carbons (Fsp3) is 0.412. The summed E-state index contributed by atoms with van der Waals surface area (Å²) >= 11 is 0. The lowest BCUT2D eigenvalue weighted by Crippen LogP contribution is -2.58. The van der Waals surface area contributed by atoms with Crippen molar-refractivity contribution in [1.29, 1.82) is 0 Å². The molecular weight excluding hydrogens is 554 g/mol. The standard InChI is InChI=1S/C34H39N7O3/c1-3-29(42)41-17-16-40(21-24(41)19-35)31-30-27(18-34(32(43)37-30)14-7-10-22-8-4-5-11-26(22)34)36-33(38-31)44-28-12-6-9-23-20-39(2)15-13-25(23)28/h3-6,8-9,11-12,24H,1,7,10,13-21,35H2,2H3,(H,37,43)/t24-,34-/m0/s1. The molecule has 1 fully saturated rings. The first kappa shape index (κ1) is 28.5. The molecule has 1 saturated heterocycles. The molecule has 0 bridgehead atoms. The van der Waals surface area contributed by atoms with Crippen LogP contribution in [0.4, 0.5) is 11.5 Å². The van der Waals surface area contributed by atoms with Gasteiger partial charge in [-0.25, -0.2) is 0 Å². The van der Waals surface area contributed by atoms with Crippen molar-refractivity contribution in [1.82, 2.24) is 19.8 Å². The number of nitrogens with zero attached hydrogens (tertiary/aromatic N) is 5. The number of carbonyl (C=O) groups excluding carboxylic acids is 2. The van der Waals surface area contributed by atoms with Gasteiger partial charge in [-0.3, -0.25) is 9.59 Å². The molecule has 0 radical (unpaired) electrons. The molecule has 1 aliphatic carbocycles. The summed E-state index contributed by atoms with van der Waals surface area (Å²) in [6, 6.07) is 14.5. The molecule has 3 aliphatic heterocycles. The molecule has 0 saturated carbocycles. The molecule has 2 amide bonds. The number of anilines is 2. The second kappa shape index (κ2) is 11.3. The van der Waals surface area contributed by atoms with Gasteiger partial charge in [-0.1, -0.05) is 43.0 Å². The minimum atomic E-state index is -0.698. The molecule has 10 heteroatoms. The number of hydrogen-bond donors (Lipinski definition) is 2. The van der Waals surface area contributed by atoms with Crippen molar-refractivity contribution in [2.75, 3.05) is 50.0 Å². The minimum absolute atomic E-state index is 0.0206. The summed E-state index contributed by atoms with van der Waals surface area (Å²) in [7, 11) is 2.12. The summed E-state index contributed by atoms with van der Waals surface area (Å²) in [5.41, 5.74) is 11.6. The first-order valence-corrected chi connectivity index (χ1v) is 15.6. The van der Waals surface area contributed by atoms with Crippen molar-refractivity contribution in [3.8, 4) is 11.8 Å². The number of ether oxygens (including phenoxy) is 1. The molecule has 0 unspecified atom stereocenters. The van der Waals surface area contributed by atoms with E-state index in [0.717, 1.165) is 55.8 Å². The van der Waals surface area contributed by atoms with Crippen LogP contribution >= 0.6 is 0 Å². The monoisotopic (exact) mass is 593 g/mol. The van der Waals surface area contributed by atoms with E-state index in [0.29, 0.717) is 44.1 Å². The lowest BCUT2D eigenvalue weighted by Gasteiger charge is -2.44. The van der Waals surface area contributed by atoms with Gasteiger partial charge >= 0.3 is 6.01 Å². The SMILES string of the molecule is C=CC(=O)N1CCN(c2nc(Oc3cccc4c3CCN(C)C4)nc3c2NC(=O)[C@@]2(CCCc4ccccc42)C3)C[C@@H]1CN. The fourth-order valence-corrected chi connectivity index (χ4v) is 7.51. The smallest absolute Gasteiger partial charge is 0.324 e. The van der Waals surface area contributed by atoms with Crippen molar-refractivity contribution >= 4 is 23.3 Å². The van der Waals surface area contributed by atoms with Crippen LogP contribution in [-0.4, -0.2) is 77.4 Å². The molecule has 2 atom stereocenters. The van der Waals surface area contributed by atoms with Crippen LogP contribution in [0.15, 0.2) is 55.1 Å². The maximum atomic E-state index is 14.1. The predicted octanol–water partition coefficient (Wildman–Crippen LogP) is 3.19. The Morgan fingerprint density at radius 2 is 1.98 bits per heavy atom. The zero-order valence-corrected chi connectivity index (χ0v) is 25.2. The van der Waals surface area contributed by atoms with E-state index in [4.69, 9.17) is 20.4 Å². The number of fused-ring (bicyclic) bond motifs is 4. The number of carbonyl (C=O) groups is 2. The van der Waals surface area contributed by atoms with Crippen molar-refractivity contribution in [2.45, 2.75) is 50.1 Å². The zero-order chi connectivity index (χ0) is 30.4. The van der Waals surface area contributed by atoms with Gasteiger partial charge in [-0.2, -0.15) is 9.97 Å². The summed E-state index contributed by atoms with van der Waals surface area (Å²) in [5, 5.41) is 3.26. The Hall–Kier alpha value is -4.28. The maximum absolute atomic E-state index is 14.1. The van der Waals surface area contributed by atoms with E-state index in [1.807, 2.05) is 24.3 Å². The highest BCUT2D eigenvalue weighted by Gasteiger charge is 2.48. The second-order valence-electron chi connectivity index (χ2n) is 12.4. The minimum Gasteiger partial charge on any atom is -0.424 e. The molecule has 4 heterocycles. The molecule has 3 aromatic rings. The number of nitrogens with two attached hydrogens (primary N) is 1. The summed E-state index contributed by atoms with van der Waals surface area (Å²) in [6.07, 6.45) is 5.32. The third-order valence-corrected chi connectivity index (χ3v) is 9.80. The number of amides is 2. The van der Waals surface area contributed by atoms with E-state index in [-0.39, 0.29) is 23.9 Å². The maximum Gasteiger partial charge on any atom is 0.324 e. The summed E-state index contributed by atoms with van der Waals surface area (Å²) < 4.78 is 6.53. The van der Waals surface area contributed by atoms with E-state index in [1.165, 1.54) is 22.8 Å². The Kier molecular flexibility index (Phi) is 7.34.